The zero-order chi connectivity index (χ0) is 9.68. The first kappa shape index (κ1) is 11.3. The van der Waals surface area contributed by atoms with Gasteiger partial charge in [-0.05, 0) is 19.8 Å². The van der Waals surface area contributed by atoms with Crippen molar-refractivity contribution in [1.82, 2.24) is 4.90 Å². The molecule has 0 radical (unpaired) electrons. The molecule has 4 heteroatoms. The second-order valence-corrected chi connectivity index (χ2v) is 4.29. The van der Waals surface area contributed by atoms with E-state index in [1.54, 1.807) is 0 Å². The van der Waals surface area contributed by atoms with Crippen molar-refractivity contribution in [2.75, 3.05) is 26.2 Å². The minimum Gasteiger partial charge on any atom is -0.392 e. The van der Waals surface area contributed by atoms with Gasteiger partial charge in [0.1, 0.15) is 0 Å². The molecule has 1 N–H and O–H groups in total. The molecular formula is C9H19NO2S. The lowest BCUT2D eigenvalue weighted by Gasteiger charge is -2.14. The van der Waals surface area contributed by atoms with Crippen LogP contribution in [0.4, 0.5) is 0 Å². The molecule has 0 aromatic heterocycles. The summed E-state index contributed by atoms with van der Waals surface area (Å²) in [7, 11) is 0. The van der Waals surface area contributed by atoms with Gasteiger partial charge in [0.05, 0.1) is 11.5 Å². The van der Waals surface area contributed by atoms with Crippen LogP contribution in [0.5, 0.6) is 0 Å². The van der Waals surface area contributed by atoms with Crippen LogP contribution in [0.2, 0.25) is 0 Å². The molecule has 0 aromatic carbocycles. The summed E-state index contributed by atoms with van der Waals surface area (Å²) in [4.78, 5) is 2.28. The van der Waals surface area contributed by atoms with Crippen LogP contribution in [-0.2, 0) is 4.74 Å². The van der Waals surface area contributed by atoms with Gasteiger partial charge in [-0.3, -0.25) is 0 Å². The van der Waals surface area contributed by atoms with Crippen LogP contribution in [0.25, 0.3) is 0 Å². The van der Waals surface area contributed by atoms with E-state index in [9.17, 15) is 5.11 Å². The molecule has 0 aliphatic carbocycles. The van der Waals surface area contributed by atoms with Gasteiger partial charge in [-0.2, -0.15) is 0 Å². The summed E-state index contributed by atoms with van der Waals surface area (Å²) in [6.07, 6.45) is 1.84. The molecule has 0 saturated carbocycles. The van der Waals surface area contributed by atoms with E-state index >= 15 is 0 Å². The summed E-state index contributed by atoms with van der Waals surface area (Å²) in [5, 5.41) is 9.26. The Morgan fingerprint density at radius 3 is 3.00 bits per heavy atom. The van der Waals surface area contributed by atoms with Gasteiger partial charge in [0.25, 0.3) is 0 Å². The number of β-amino-alcohol motifs (C(OH)–C–C–N with tert-alkyl or cyclic N) is 1. The molecule has 1 heterocycles. The van der Waals surface area contributed by atoms with E-state index in [1.807, 2.05) is 6.92 Å². The Hall–Kier alpha value is 0.230. The SMILES string of the molecule is CC(S)OCCCN1CC[C@@H](O)C1. The highest BCUT2D eigenvalue weighted by molar-refractivity contribution is 7.80. The molecule has 1 aliphatic rings. The zero-order valence-electron chi connectivity index (χ0n) is 8.15. The fourth-order valence-electron chi connectivity index (χ4n) is 1.56. The first-order chi connectivity index (χ1) is 6.18. The summed E-state index contributed by atoms with van der Waals surface area (Å²) in [6, 6.07) is 0. The topological polar surface area (TPSA) is 32.7 Å². The Kier molecular flexibility index (Phi) is 5.09. The van der Waals surface area contributed by atoms with Crippen LogP contribution in [0.3, 0.4) is 0 Å². The van der Waals surface area contributed by atoms with Crippen molar-refractivity contribution >= 4 is 12.6 Å². The van der Waals surface area contributed by atoms with Gasteiger partial charge >= 0.3 is 0 Å². The van der Waals surface area contributed by atoms with E-state index in [2.05, 4.69) is 17.5 Å². The van der Waals surface area contributed by atoms with Crippen molar-refractivity contribution in [3.63, 3.8) is 0 Å². The zero-order valence-corrected chi connectivity index (χ0v) is 9.04. The van der Waals surface area contributed by atoms with E-state index in [4.69, 9.17) is 4.74 Å². The highest BCUT2D eigenvalue weighted by Crippen LogP contribution is 2.08. The van der Waals surface area contributed by atoms with Crippen molar-refractivity contribution < 1.29 is 9.84 Å². The van der Waals surface area contributed by atoms with Crippen LogP contribution in [0.15, 0.2) is 0 Å². The smallest absolute Gasteiger partial charge is 0.0971 e. The van der Waals surface area contributed by atoms with E-state index in [-0.39, 0.29) is 11.5 Å². The highest BCUT2D eigenvalue weighted by atomic mass is 32.1. The van der Waals surface area contributed by atoms with Crippen LogP contribution in [0, 0.1) is 0 Å². The Balaban J connectivity index is 1.94. The van der Waals surface area contributed by atoms with Crippen LogP contribution >= 0.6 is 12.6 Å². The largest absolute Gasteiger partial charge is 0.392 e. The summed E-state index contributed by atoms with van der Waals surface area (Å²) in [5.74, 6) is 0. The normalized spacial score (nSPS) is 26.5. The number of rotatable bonds is 5. The molecule has 1 fully saturated rings. The average molecular weight is 205 g/mol. The van der Waals surface area contributed by atoms with Crippen molar-refractivity contribution in [3.8, 4) is 0 Å². The van der Waals surface area contributed by atoms with Crippen molar-refractivity contribution in [1.29, 1.82) is 0 Å². The molecule has 1 aliphatic heterocycles. The summed E-state index contributed by atoms with van der Waals surface area (Å²) < 4.78 is 5.30. The molecule has 78 valence electrons. The molecule has 3 nitrogen and oxygen atoms in total. The standard InChI is InChI=1S/C9H19NO2S/c1-8(13)12-6-2-4-10-5-3-9(11)7-10/h8-9,11,13H,2-7H2,1H3/t8?,9-/m1/s1. The summed E-state index contributed by atoms with van der Waals surface area (Å²) in [5.41, 5.74) is 0.0316. The molecule has 1 unspecified atom stereocenters. The van der Waals surface area contributed by atoms with Crippen LogP contribution in [-0.4, -0.2) is 47.8 Å². The second-order valence-electron chi connectivity index (χ2n) is 3.57. The fraction of sp³-hybridized carbons (Fsp3) is 1.00. The molecular weight excluding hydrogens is 186 g/mol. The third-order valence-corrected chi connectivity index (χ3v) is 2.37. The first-order valence-electron chi connectivity index (χ1n) is 4.88. The van der Waals surface area contributed by atoms with Gasteiger partial charge in [0.2, 0.25) is 0 Å². The molecule has 0 aromatic rings. The second kappa shape index (κ2) is 5.86. The molecule has 1 rings (SSSR count). The molecule has 13 heavy (non-hydrogen) atoms. The van der Waals surface area contributed by atoms with Gasteiger partial charge in [-0.1, -0.05) is 0 Å². The Bertz CT molecular complexity index is 144. The maximum absolute atomic E-state index is 9.26. The Labute approximate surface area is 85.5 Å². The van der Waals surface area contributed by atoms with Gasteiger partial charge < -0.3 is 14.7 Å². The van der Waals surface area contributed by atoms with Crippen LogP contribution in [0.1, 0.15) is 19.8 Å². The van der Waals surface area contributed by atoms with Gasteiger partial charge in [-0.15, -0.1) is 12.6 Å². The van der Waals surface area contributed by atoms with E-state index < -0.39 is 0 Å². The monoisotopic (exact) mass is 205 g/mol. The maximum Gasteiger partial charge on any atom is 0.0971 e. The lowest BCUT2D eigenvalue weighted by molar-refractivity contribution is 0.112. The highest BCUT2D eigenvalue weighted by Gasteiger charge is 2.18. The summed E-state index contributed by atoms with van der Waals surface area (Å²) >= 11 is 4.12. The maximum atomic E-state index is 9.26. The summed E-state index contributed by atoms with van der Waals surface area (Å²) in [6.45, 7) is 5.56. The van der Waals surface area contributed by atoms with Gasteiger partial charge in [0, 0.05) is 26.2 Å². The van der Waals surface area contributed by atoms with E-state index in [0.717, 1.165) is 39.1 Å². The number of likely N-dealkylation sites (tertiary alicyclic amines) is 1. The predicted molar refractivity (Wildman–Crippen MR) is 56.1 cm³/mol. The fourth-order valence-corrected chi connectivity index (χ4v) is 1.66. The molecule has 0 spiro atoms. The Morgan fingerprint density at radius 2 is 2.46 bits per heavy atom. The number of nitrogens with zero attached hydrogens (tertiary/aromatic N) is 1. The molecule has 2 atom stereocenters. The number of ether oxygens (including phenoxy) is 1. The van der Waals surface area contributed by atoms with E-state index in [1.165, 1.54) is 0 Å². The lowest BCUT2D eigenvalue weighted by Crippen LogP contribution is -2.24. The van der Waals surface area contributed by atoms with Crippen molar-refractivity contribution in [3.05, 3.63) is 0 Å². The minimum atomic E-state index is -0.107. The Morgan fingerprint density at radius 1 is 1.69 bits per heavy atom. The number of aliphatic hydroxyl groups is 1. The predicted octanol–water partition coefficient (Wildman–Crippen LogP) is 0.735. The van der Waals surface area contributed by atoms with Crippen molar-refractivity contribution in [2.45, 2.75) is 31.3 Å². The number of aliphatic hydroxyl groups excluding tert-OH is 1. The third-order valence-electron chi connectivity index (χ3n) is 2.23. The number of hydrogen-bond acceptors (Lipinski definition) is 4. The quantitative estimate of drug-likeness (QED) is 0.394. The minimum absolute atomic E-state index is 0.0316. The molecule has 1 saturated heterocycles. The lowest BCUT2D eigenvalue weighted by atomic mass is 10.3. The van der Waals surface area contributed by atoms with Crippen LogP contribution < -0.4 is 0 Å². The first-order valence-corrected chi connectivity index (χ1v) is 5.40. The number of thiol groups is 1. The van der Waals surface area contributed by atoms with Gasteiger partial charge in [0.15, 0.2) is 0 Å². The molecule has 0 amide bonds. The third kappa shape index (κ3) is 4.86. The molecule has 0 bridgehead atoms. The average Bonchev–Trinajstić information content (AvgIpc) is 2.45. The van der Waals surface area contributed by atoms with Gasteiger partial charge in [-0.25, -0.2) is 0 Å². The van der Waals surface area contributed by atoms with Crippen molar-refractivity contribution in [2.24, 2.45) is 0 Å². The van der Waals surface area contributed by atoms with E-state index in [0.29, 0.717) is 0 Å². The number of hydrogen-bond donors (Lipinski definition) is 2.